The smallest absolute Gasteiger partial charge is 0.354 e. The maximum Gasteiger partial charge on any atom is 0.354 e. The number of aromatic carboxylic acids is 1. The van der Waals surface area contributed by atoms with Gasteiger partial charge < -0.3 is 10.1 Å². The van der Waals surface area contributed by atoms with Crippen molar-refractivity contribution in [1.29, 1.82) is 0 Å². The Morgan fingerprint density at radius 1 is 1.42 bits per heavy atom. The Hall–Kier alpha value is -2.30. The second-order valence-corrected chi connectivity index (χ2v) is 5.08. The Labute approximate surface area is 109 Å². The molecule has 0 bridgehead atoms. The number of aromatic amines is 1. The highest BCUT2D eigenvalue weighted by atomic mass is 16.4. The topological polar surface area (TPSA) is 70.4 Å². The van der Waals surface area contributed by atoms with E-state index in [9.17, 15) is 9.90 Å². The normalized spacial score (nSPS) is 11.8. The molecule has 0 aliphatic heterocycles. The molecule has 5 heteroatoms. The number of hydrogen-bond acceptors (Lipinski definition) is 2. The lowest BCUT2D eigenvalue weighted by molar-refractivity contribution is 0.0689. The second kappa shape index (κ2) is 3.85. The van der Waals surface area contributed by atoms with Crippen LogP contribution in [0.1, 0.15) is 41.5 Å². The molecule has 2 N–H and O–H groups in total. The molecule has 0 aliphatic rings. The summed E-state index contributed by atoms with van der Waals surface area (Å²) in [6.45, 7) is 5.97. The van der Waals surface area contributed by atoms with Crippen molar-refractivity contribution < 1.29 is 9.90 Å². The van der Waals surface area contributed by atoms with Crippen molar-refractivity contribution in [3.63, 3.8) is 0 Å². The number of benzene rings is 1. The number of carbonyl (C=O) groups is 1. The third-order valence-corrected chi connectivity index (χ3v) is 3.43. The number of nitrogens with zero attached hydrogens (tertiary/aromatic N) is 2. The number of rotatable bonds is 2. The molecule has 5 nitrogen and oxygen atoms in total. The molecule has 0 atom stereocenters. The van der Waals surface area contributed by atoms with E-state index in [0.29, 0.717) is 17.4 Å². The van der Waals surface area contributed by atoms with Gasteiger partial charge in [0, 0.05) is 5.69 Å². The molecule has 19 heavy (non-hydrogen) atoms. The second-order valence-electron chi connectivity index (χ2n) is 5.08. The molecule has 2 heterocycles. The van der Waals surface area contributed by atoms with Crippen molar-refractivity contribution in [2.24, 2.45) is 0 Å². The summed E-state index contributed by atoms with van der Waals surface area (Å²) in [5.41, 5.74) is 3.68. The monoisotopic (exact) mass is 257 g/mol. The van der Waals surface area contributed by atoms with Crippen LogP contribution in [-0.4, -0.2) is 25.4 Å². The Morgan fingerprint density at radius 2 is 2.16 bits per heavy atom. The summed E-state index contributed by atoms with van der Waals surface area (Å²) in [5, 5.41) is 9.34. The van der Waals surface area contributed by atoms with Gasteiger partial charge in [-0.2, -0.15) is 0 Å². The predicted molar refractivity (Wildman–Crippen MR) is 72.8 cm³/mol. The number of nitrogens with one attached hydrogen (secondary N) is 1. The first kappa shape index (κ1) is 11.8. The van der Waals surface area contributed by atoms with E-state index in [1.54, 1.807) is 11.3 Å². The SMILES string of the molecule is Cc1[nH]c2nc3ccc(C(C)C)cc3n2c1C(=O)O. The van der Waals surface area contributed by atoms with E-state index in [1.807, 2.05) is 18.2 Å². The van der Waals surface area contributed by atoms with E-state index in [4.69, 9.17) is 0 Å². The van der Waals surface area contributed by atoms with Crippen LogP contribution >= 0.6 is 0 Å². The Balaban J connectivity index is 2.44. The molecule has 0 spiro atoms. The molecule has 2 aromatic heterocycles. The van der Waals surface area contributed by atoms with Gasteiger partial charge in [-0.3, -0.25) is 4.40 Å². The highest BCUT2D eigenvalue weighted by Gasteiger charge is 2.19. The van der Waals surface area contributed by atoms with Crippen molar-refractivity contribution >= 4 is 22.8 Å². The molecular weight excluding hydrogens is 242 g/mol. The van der Waals surface area contributed by atoms with Gasteiger partial charge in [0.25, 0.3) is 0 Å². The first-order valence-electron chi connectivity index (χ1n) is 6.23. The molecule has 98 valence electrons. The maximum atomic E-state index is 11.4. The van der Waals surface area contributed by atoms with Crippen LogP contribution in [0.3, 0.4) is 0 Å². The fraction of sp³-hybridized carbons (Fsp3) is 0.286. The van der Waals surface area contributed by atoms with Gasteiger partial charge >= 0.3 is 5.97 Å². The number of hydrogen-bond donors (Lipinski definition) is 2. The van der Waals surface area contributed by atoms with E-state index in [2.05, 4.69) is 23.8 Å². The van der Waals surface area contributed by atoms with Crippen LogP contribution in [0.5, 0.6) is 0 Å². The summed E-state index contributed by atoms with van der Waals surface area (Å²) >= 11 is 0. The zero-order chi connectivity index (χ0) is 13.7. The van der Waals surface area contributed by atoms with Gasteiger partial charge in [0.15, 0.2) is 5.69 Å². The average molecular weight is 257 g/mol. The minimum atomic E-state index is -0.946. The highest BCUT2D eigenvalue weighted by Crippen LogP contribution is 2.24. The number of aromatic nitrogens is 3. The summed E-state index contributed by atoms with van der Waals surface area (Å²) < 4.78 is 1.68. The van der Waals surface area contributed by atoms with Gasteiger partial charge in [0.1, 0.15) is 0 Å². The molecule has 0 aliphatic carbocycles. The molecular formula is C14H15N3O2. The Bertz CT molecular complexity index is 796. The van der Waals surface area contributed by atoms with E-state index < -0.39 is 5.97 Å². The van der Waals surface area contributed by atoms with Crippen LogP contribution < -0.4 is 0 Å². The fourth-order valence-electron chi connectivity index (χ4n) is 2.41. The third kappa shape index (κ3) is 1.62. The zero-order valence-corrected chi connectivity index (χ0v) is 11.1. The number of H-pyrrole nitrogens is 1. The van der Waals surface area contributed by atoms with Crippen molar-refractivity contribution in [2.75, 3.05) is 0 Å². The van der Waals surface area contributed by atoms with Crippen LogP contribution in [0.25, 0.3) is 16.8 Å². The number of fused-ring (bicyclic) bond motifs is 3. The van der Waals surface area contributed by atoms with Crippen molar-refractivity contribution in [3.8, 4) is 0 Å². The molecule has 0 unspecified atom stereocenters. The van der Waals surface area contributed by atoms with Crippen LogP contribution in [0.2, 0.25) is 0 Å². The molecule has 0 amide bonds. The highest BCUT2D eigenvalue weighted by molar-refractivity contribution is 5.92. The van der Waals surface area contributed by atoms with Gasteiger partial charge in [0.2, 0.25) is 5.78 Å². The van der Waals surface area contributed by atoms with Gasteiger partial charge in [-0.15, -0.1) is 0 Å². The maximum absolute atomic E-state index is 11.4. The van der Waals surface area contributed by atoms with Crippen LogP contribution in [0.15, 0.2) is 18.2 Å². The minimum Gasteiger partial charge on any atom is -0.477 e. The van der Waals surface area contributed by atoms with Gasteiger partial charge in [-0.05, 0) is 30.5 Å². The number of carboxylic acids is 1. The number of carboxylic acid groups (broad SMARTS) is 1. The van der Waals surface area contributed by atoms with E-state index in [1.165, 1.54) is 5.56 Å². The molecule has 0 radical (unpaired) electrons. The number of imidazole rings is 2. The summed E-state index contributed by atoms with van der Waals surface area (Å²) in [6, 6.07) is 5.99. The van der Waals surface area contributed by atoms with E-state index >= 15 is 0 Å². The van der Waals surface area contributed by atoms with Crippen molar-refractivity contribution in [2.45, 2.75) is 26.7 Å². The predicted octanol–water partition coefficient (Wildman–Crippen LogP) is 2.95. The Morgan fingerprint density at radius 3 is 2.79 bits per heavy atom. The Kier molecular flexibility index (Phi) is 2.38. The summed E-state index contributed by atoms with van der Waals surface area (Å²) in [6.07, 6.45) is 0. The first-order valence-corrected chi connectivity index (χ1v) is 6.23. The summed E-state index contributed by atoms with van der Waals surface area (Å²) in [7, 11) is 0. The van der Waals surface area contributed by atoms with Crippen LogP contribution in [-0.2, 0) is 0 Å². The molecule has 3 rings (SSSR count). The standard InChI is InChI=1S/C14H15N3O2/c1-7(2)9-4-5-10-11(6-9)17-12(13(18)19)8(3)15-14(17)16-10/h4-7H,1-3H3,(H,15,16)(H,18,19). The number of aryl methyl sites for hydroxylation is 1. The van der Waals surface area contributed by atoms with Crippen molar-refractivity contribution in [3.05, 3.63) is 35.2 Å². The minimum absolute atomic E-state index is 0.249. The lowest BCUT2D eigenvalue weighted by atomic mass is 10.0. The third-order valence-electron chi connectivity index (χ3n) is 3.43. The summed E-state index contributed by atoms with van der Waals surface area (Å²) in [4.78, 5) is 18.8. The van der Waals surface area contributed by atoms with Crippen molar-refractivity contribution in [1.82, 2.24) is 14.4 Å². The molecule has 0 saturated heterocycles. The lowest BCUT2D eigenvalue weighted by Crippen LogP contribution is -2.03. The molecule has 0 saturated carbocycles. The fourth-order valence-corrected chi connectivity index (χ4v) is 2.41. The zero-order valence-electron chi connectivity index (χ0n) is 11.1. The lowest BCUT2D eigenvalue weighted by Gasteiger charge is -2.05. The van der Waals surface area contributed by atoms with Gasteiger partial charge in [-0.25, -0.2) is 9.78 Å². The van der Waals surface area contributed by atoms with Gasteiger partial charge in [0.05, 0.1) is 11.0 Å². The summed E-state index contributed by atoms with van der Waals surface area (Å²) in [5.74, 6) is 0.0204. The van der Waals surface area contributed by atoms with Crippen LogP contribution in [0.4, 0.5) is 0 Å². The molecule has 0 fully saturated rings. The molecule has 1 aromatic carbocycles. The largest absolute Gasteiger partial charge is 0.477 e. The average Bonchev–Trinajstić information content (AvgIpc) is 2.81. The molecule has 3 aromatic rings. The van der Waals surface area contributed by atoms with E-state index in [0.717, 1.165) is 11.0 Å². The first-order chi connectivity index (χ1) is 8.99. The van der Waals surface area contributed by atoms with Crippen LogP contribution in [0, 0.1) is 6.92 Å². The van der Waals surface area contributed by atoms with E-state index in [-0.39, 0.29) is 5.69 Å². The quantitative estimate of drug-likeness (QED) is 0.741. The van der Waals surface area contributed by atoms with Gasteiger partial charge in [-0.1, -0.05) is 19.9 Å².